The minimum atomic E-state index is 0. The SMILES string of the molecule is CN(C)CCOc1ccc(-c2cc(=S)ss2)cc1.Cl. The minimum absolute atomic E-state index is 0. The molecule has 0 unspecified atom stereocenters. The number of rotatable bonds is 5. The lowest BCUT2D eigenvalue weighted by atomic mass is 10.2. The van der Waals surface area contributed by atoms with Crippen LogP contribution < -0.4 is 4.74 Å². The highest BCUT2D eigenvalue weighted by Gasteiger charge is 2.01. The second-order valence-electron chi connectivity index (χ2n) is 4.17. The summed E-state index contributed by atoms with van der Waals surface area (Å²) in [4.78, 5) is 3.33. The smallest absolute Gasteiger partial charge is 0.119 e. The second kappa shape index (κ2) is 7.97. The first-order valence-electron chi connectivity index (χ1n) is 5.63. The molecule has 0 radical (unpaired) electrons. The van der Waals surface area contributed by atoms with Gasteiger partial charge in [-0.05, 0) is 50.0 Å². The standard InChI is InChI=1S/C13H15NOS3.ClH/c1-14(2)7-8-15-11-5-3-10(4-6-11)12-9-13(16)18-17-12;/h3-6,9H,7-8H2,1-2H3;1H. The summed E-state index contributed by atoms with van der Waals surface area (Å²) in [5.41, 5.74) is 1.20. The van der Waals surface area contributed by atoms with Crippen molar-refractivity contribution < 1.29 is 4.74 Å². The van der Waals surface area contributed by atoms with Gasteiger partial charge in [0, 0.05) is 11.4 Å². The second-order valence-corrected chi connectivity index (χ2v) is 7.08. The number of ether oxygens (including phenoxy) is 1. The number of benzene rings is 1. The van der Waals surface area contributed by atoms with Crippen molar-refractivity contribution in [3.8, 4) is 16.2 Å². The van der Waals surface area contributed by atoms with Crippen molar-refractivity contribution >= 4 is 45.3 Å². The van der Waals surface area contributed by atoms with Crippen LogP contribution in [0.2, 0.25) is 0 Å². The summed E-state index contributed by atoms with van der Waals surface area (Å²) in [6, 6.07) is 10.2. The molecule has 1 aromatic heterocycles. The molecule has 0 bridgehead atoms. The maximum Gasteiger partial charge on any atom is 0.119 e. The van der Waals surface area contributed by atoms with E-state index >= 15 is 0 Å². The van der Waals surface area contributed by atoms with Gasteiger partial charge in [-0.15, -0.1) is 12.4 Å². The largest absolute Gasteiger partial charge is 0.492 e. The van der Waals surface area contributed by atoms with Gasteiger partial charge >= 0.3 is 0 Å². The van der Waals surface area contributed by atoms with E-state index in [9.17, 15) is 0 Å². The summed E-state index contributed by atoms with van der Waals surface area (Å²) in [6.07, 6.45) is 0. The van der Waals surface area contributed by atoms with Gasteiger partial charge in [0.15, 0.2) is 0 Å². The third kappa shape index (κ3) is 5.20. The highest BCUT2D eigenvalue weighted by atomic mass is 35.5. The van der Waals surface area contributed by atoms with Crippen molar-refractivity contribution in [1.82, 2.24) is 4.90 Å². The molecule has 104 valence electrons. The maximum absolute atomic E-state index is 5.66. The first kappa shape index (κ1) is 16.6. The van der Waals surface area contributed by atoms with Gasteiger partial charge in [-0.25, -0.2) is 0 Å². The molecule has 0 aliphatic rings. The summed E-state index contributed by atoms with van der Waals surface area (Å²) in [6.45, 7) is 1.64. The Bertz CT molecular complexity index is 548. The van der Waals surface area contributed by atoms with E-state index in [1.165, 1.54) is 10.4 Å². The highest BCUT2D eigenvalue weighted by Crippen LogP contribution is 2.30. The van der Waals surface area contributed by atoms with Crippen LogP contribution in [0.5, 0.6) is 5.75 Å². The van der Waals surface area contributed by atoms with Crippen LogP contribution in [0.25, 0.3) is 10.4 Å². The van der Waals surface area contributed by atoms with E-state index in [0.717, 1.165) is 16.1 Å². The normalized spacial score (nSPS) is 10.3. The number of hydrogen-bond donors (Lipinski definition) is 0. The highest BCUT2D eigenvalue weighted by molar-refractivity contribution is 7.80. The first-order chi connectivity index (χ1) is 8.65. The van der Waals surface area contributed by atoms with Crippen molar-refractivity contribution in [3.05, 3.63) is 34.2 Å². The molecule has 0 fully saturated rings. The predicted octanol–water partition coefficient (Wildman–Crippen LogP) is 4.57. The fourth-order valence-corrected chi connectivity index (χ4v) is 3.84. The molecule has 1 heterocycles. The predicted molar refractivity (Wildman–Crippen MR) is 89.8 cm³/mol. The van der Waals surface area contributed by atoms with Crippen LogP contribution in [-0.2, 0) is 0 Å². The van der Waals surface area contributed by atoms with Crippen molar-refractivity contribution in [3.63, 3.8) is 0 Å². The Balaban J connectivity index is 0.00000180. The molecule has 2 nitrogen and oxygen atoms in total. The van der Waals surface area contributed by atoms with E-state index in [1.807, 2.05) is 32.3 Å². The minimum Gasteiger partial charge on any atom is -0.492 e. The molecule has 0 saturated heterocycles. The topological polar surface area (TPSA) is 12.5 Å². The Labute approximate surface area is 132 Å². The van der Waals surface area contributed by atoms with E-state index in [2.05, 4.69) is 17.0 Å². The Morgan fingerprint density at radius 1 is 1.16 bits per heavy atom. The van der Waals surface area contributed by atoms with Gasteiger partial charge in [-0.2, -0.15) is 0 Å². The molecular formula is C13H16ClNOS3. The van der Waals surface area contributed by atoms with E-state index in [-0.39, 0.29) is 12.4 Å². The van der Waals surface area contributed by atoms with E-state index in [0.29, 0.717) is 6.61 Å². The van der Waals surface area contributed by atoms with Gasteiger partial charge in [0.05, 0.1) is 0 Å². The molecule has 1 aromatic carbocycles. The Morgan fingerprint density at radius 3 is 2.37 bits per heavy atom. The summed E-state index contributed by atoms with van der Waals surface area (Å²) in [5.74, 6) is 0.916. The maximum atomic E-state index is 5.66. The van der Waals surface area contributed by atoms with Crippen molar-refractivity contribution in [1.29, 1.82) is 0 Å². The van der Waals surface area contributed by atoms with Crippen molar-refractivity contribution in [2.45, 2.75) is 0 Å². The van der Waals surface area contributed by atoms with E-state index in [1.54, 1.807) is 20.7 Å². The van der Waals surface area contributed by atoms with E-state index in [4.69, 9.17) is 17.0 Å². The third-order valence-electron chi connectivity index (χ3n) is 2.41. The number of nitrogens with zero attached hydrogens (tertiary/aromatic N) is 1. The van der Waals surface area contributed by atoms with Crippen molar-refractivity contribution in [2.24, 2.45) is 0 Å². The fourth-order valence-electron chi connectivity index (χ4n) is 1.43. The summed E-state index contributed by atoms with van der Waals surface area (Å²) in [5, 5.41) is 0. The first-order valence-corrected chi connectivity index (χ1v) is 8.19. The van der Waals surface area contributed by atoms with Crippen LogP contribution in [-0.4, -0.2) is 32.1 Å². The number of likely N-dealkylation sites (N-methyl/N-ethyl adjacent to an activating group) is 1. The van der Waals surface area contributed by atoms with Gasteiger partial charge in [0.1, 0.15) is 16.2 Å². The monoisotopic (exact) mass is 333 g/mol. The molecule has 0 aliphatic carbocycles. The molecule has 6 heteroatoms. The van der Waals surface area contributed by atoms with Crippen LogP contribution in [0.15, 0.2) is 30.3 Å². The van der Waals surface area contributed by atoms with Gasteiger partial charge in [0.2, 0.25) is 0 Å². The van der Waals surface area contributed by atoms with E-state index < -0.39 is 0 Å². The Morgan fingerprint density at radius 2 is 1.84 bits per heavy atom. The molecule has 0 atom stereocenters. The zero-order valence-electron chi connectivity index (χ0n) is 10.8. The van der Waals surface area contributed by atoms with Crippen LogP contribution >= 0.6 is 45.3 Å². The Hall–Kier alpha value is -0.460. The molecule has 2 aromatic rings. The quantitative estimate of drug-likeness (QED) is 0.587. The summed E-state index contributed by atoms with van der Waals surface area (Å²) in [7, 11) is 7.44. The van der Waals surface area contributed by atoms with Gasteiger partial charge in [0.25, 0.3) is 0 Å². The Kier molecular flexibility index (Phi) is 6.96. The summed E-state index contributed by atoms with van der Waals surface area (Å²) >= 11 is 5.14. The van der Waals surface area contributed by atoms with Gasteiger partial charge in [-0.3, -0.25) is 0 Å². The molecule has 0 amide bonds. The lowest BCUT2D eigenvalue weighted by Gasteiger charge is -2.11. The molecule has 0 saturated carbocycles. The van der Waals surface area contributed by atoms with Crippen LogP contribution in [0.4, 0.5) is 0 Å². The fraction of sp³-hybridized carbons (Fsp3) is 0.308. The lowest BCUT2D eigenvalue weighted by Crippen LogP contribution is -2.19. The zero-order chi connectivity index (χ0) is 13.0. The molecule has 0 N–H and O–H groups in total. The zero-order valence-corrected chi connectivity index (χ0v) is 14.1. The van der Waals surface area contributed by atoms with Crippen LogP contribution in [0.3, 0.4) is 0 Å². The van der Waals surface area contributed by atoms with Crippen molar-refractivity contribution in [2.75, 3.05) is 27.2 Å². The number of halogens is 1. The van der Waals surface area contributed by atoms with Crippen LogP contribution in [0.1, 0.15) is 0 Å². The molecule has 0 aliphatic heterocycles. The van der Waals surface area contributed by atoms with Gasteiger partial charge in [-0.1, -0.05) is 32.9 Å². The third-order valence-corrected chi connectivity index (χ3v) is 5.32. The average Bonchev–Trinajstić information content (AvgIpc) is 2.76. The molecular weight excluding hydrogens is 318 g/mol. The lowest BCUT2D eigenvalue weighted by molar-refractivity contribution is 0.261. The summed E-state index contributed by atoms with van der Waals surface area (Å²) < 4.78 is 6.60. The van der Waals surface area contributed by atoms with Crippen LogP contribution in [0, 0.1) is 3.82 Å². The molecule has 0 spiro atoms. The molecule has 2 rings (SSSR count). The number of hydrogen-bond acceptors (Lipinski definition) is 5. The molecule has 19 heavy (non-hydrogen) atoms. The van der Waals surface area contributed by atoms with Gasteiger partial charge < -0.3 is 9.64 Å². The average molecular weight is 334 g/mol.